The van der Waals surface area contributed by atoms with Gasteiger partial charge < -0.3 is 5.32 Å². The molecule has 7 nitrogen and oxygen atoms in total. The third kappa shape index (κ3) is 2.94. The van der Waals surface area contributed by atoms with Crippen LogP contribution in [0.1, 0.15) is 35.6 Å². The molecular formula is C21H22N4O3S. The molecule has 2 aromatic carbocycles. The summed E-state index contributed by atoms with van der Waals surface area (Å²) in [6.07, 6.45) is 3.91. The second-order valence-corrected chi connectivity index (χ2v) is 9.68. The maximum Gasteiger partial charge on any atom is 0.245 e. The third-order valence-electron chi connectivity index (χ3n) is 5.97. The molecule has 1 amide bonds. The van der Waals surface area contributed by atoms with Crippen LogP contribution < -0.4 is 5.32 Å². The molecule has 2 aliphatic rings. The number of hydrogen-bond donors (Lipinski definition) is 2. The lowest BCUT2D eigenvalue weighted by molar-refractivity contribution is -0.128. The van der Waals surface area contributed by atoms with E-state index in [1.165, 1.54) is 9.87 Å². The Morgan fingerprint density at radius 1 is 1.24 bits per heavy atom. The monoisotopic (exact) mass is 410 g/mol. The highest BCUT2D eigenvalue weighted by Crippen LogP contribution is 2.34. The number of aromatic nitrogens is 2. The molecule has 2 atom stereocenters. The van der Waals surface area contributed by atoms with Crippen LogP contribution in [0.2, 0.25) is 0 Å². The predicted molar refractivity (Wildman–Crippen MR) is 109 cm³/mol. The van der Waals surface area contributed by atoms with Crippen molar-refractivity contribution in [1.29, 1.82) is 0 Å². The molecule has 1 saturated heterocycles. The van der Waals surface area contributed by atoms with Crippen LogP contribution in [0.3, 0.4) is 0 Å². The number of benzene rings is 2. The van der Waals surface area contributed by atoms with Crippen molar-refractivity contribution < 1.29 is 13.2 Å². The van der Waals surface area contributed by atoms with E-state index in [1.54, 1.807) is 12.3 Å². The molecule has 29 heavy (non-hydrogen) atoms. The number of aryl methyl sites for hydroxylation is 2. The highest BCUT2D eigenvalue weighted by atomic mass is 32.2. The van der Waals surface area contributed by atoms with Crippen LogP contribution in [-0.4, -0.2) is 41.4 Å². The van der Waals surface area contributed by atoms with E-state index in [2.05, 4.69) is 21.6 Å². The molecule has 3 aromatic rings. The Labute approximate surface area is 169 Å². The van der Waals surface area contributed by atoms with Gasteiger partial charge in [-0.1, -0.05) is 24.3 Å². The van der Waals surface area contributed by atoms with Crippen LogP contribution in [0.15, 0.2) is 47.5 Å². The lowest BCUT2D eigenvalue weighted by Crippen LogP contribution is -2.58. The quantitative estimate of drug-likeness (QED) is 0.691. The first-order valence-electron chi connectivity index (χ1n) is 9.79. The smallest absolute Gasteiger partial charge is 0.245 e. The van der Waals surface area contributed by atoms with Gasteiger partial charge in [-0.2, -0.15) is 9.40 Å². The fourth-order valence-electron chi connectivity index (χ4n) is 4.39. The van der Waals surface area contributed by atoms with Crippen LogP contribution in [0, 0.1) is 6.92 Å². The van der Waals surface area contributed by atoms with Crippen LogP contribution in [0.4, 0.5) is 0 Å². The van der Waals surface area contributed by atoms with E-state index in [-0.39, 0.29) is 16.8 Å². The van der Waals surface area contributed by atoms with E-state index in [9.17, 15) is 13.2 Å². The fourth-order valence-corrected chi connectivity index (χ4v) is 6.28. The molecule has 1 aliphatic carbocycles. The van der Waals surface area contributed by atoms with Crippen molar-refractivity contribution in [2.24, 2.45) is 0 Å². The summed E-state index contributed by atoms with van der Waals surface area (Å²) in [5.41, 5.74) is 3.69. The van der Waals surface area contributed by atoms with Crippen LogP contribution in [-0.2, 0) is 21.2 Å². The van der Waals surface area contributed by atoms with Crippen molar-refractivity contribution in [1.82, 2.24) is 19.8 Å². The minimum absolute atomic E-state index is 0.0536. The Morgan fingerprint density at radius 2 is 2.07 bits per heavy atom. The number of fused-ring (bicyclic) bond motifs is 2. The molecule has 1 aromatic heterocycles. The van der Waals surface area contributed by atoms with Crippen molar-refractivity contribution in [3.8, 4) is 0 Å². The van der Waals surface area contributed by atoms with Gasteiger partial charge in [0.2, 0.25) is 15.9 Å². The van der Waals surface area contributed by atoms with E-state index in [4.69, 9.17) is 0 Å². The molecule has 0 saturated carbocycles. The lowest BCUT2D eigenvalue weighted by atomic mass is 10.0. The van der Waals surface area contributed by atoms with Gasteiger partial charge in [0.05, 0.1) is 17.8 Å². The predicted octanol–water partition coefficient (Wildman–Crippen LogP) is 2.44. The van der Waals surface area contributed by atoms with Crippen molar-refractivity contribution in [2.75, 3.05) is 6.54 Å². The number of amides is 1. The molecular weight excluding hydrogens is 388 g/mol. The van der Waals surface area contributed by atoms with Gasteiger partial charge in [-0.3, -0.25) is 9.89 Å². The number of nitrogens with one attached hydrogen (secondary N) is 2. The Kier molecular flexibility index (Phi) is 4.22. The Bertz CT molecular complexity index is 1220. The summed E-state index contributed by atoms with van der Waals surface area (Å²) in [6, 6.07) is 10.9. The van der Waals surface area contributed by atoms with E-state index in [1.807, 2.05) is 31.2 Å². The Hall–Kier alpha value is -2.71. The summed E-state index contributed by atoms with van der Waals surface area (Å²) >= 11 is 0. The van der Waals surface area contributed by atoms with Gasteiger partial charge in [0.15, 0.2) is 0 Å². The topological polar surface area (TPSA) is 95.2 Å². The maximum absolute atomic E-state index is 13.3. The van der Waals surface area contributed by atoms with Gasteiger partial charge in [0.25, 0.3) is 0 Å². The highest BCUT2D eigenvalue weighted by Gasteiger charge is 2.44. The number of carbonyl (C=O) groups excluding carboxylic acids is 1. The average Bonchev–Trinajstić information content (AvgIpc) is 3.26. The summed E-state index contributed by atoms with van der Waals surface area (Å²) in [7, 11) is -3.81. The van der Waals surface area contributed by atoms with Crippen molar-refractivity contribution in [3.05, 3.63) is 59.3 Å². The van der Waals surface area contributed by atoms with Crippen LogP contribution in [0.5, 0.6) is 0 Å². The molecule has 2 heterocycles. The summed E-state index contributed by atoms with van der Waals surface area (Å²) in [5, 5.41) is 10.6. The molecule has 0 bridgehead atoms. The summed E-state index contributed by atoms with van der Waals surface area (Å²) in [6.45, 7) is 2.19. The SMILES string of the molecule is Cc1cc(S(=O)(=O)N2CC[C@H]2C(=O)N[C@@H]2CCc3ccccc32)c2[nH]ncc2c1. The minimum Gasteiger partial charge on any atom is -0.348 e. The van der Waals surface area contributed by atoms with Gasteiger partial charge in [-0.15, -0.1) is 0 Å². The number of carbonyl (C=O) groups is 1. The molecule has 0 unspecified atom stereocenters. The van der Waals surface area contributed by atoms with E-state index >= 15 is 0 Å². The standard InChI is InChI=1S/C21H22N4O3S/c1-13-10-15-12-22-24-20(15)19(11-13)29(27,28)25-9-8-18(25)21(26)23-17-7-6-14-4-2-3-5-16(14)17/h2-5,10-12,17-18H,6-9H2,1H3,(H,22,24)(H,23,26)/t17-,18+/m1/s1. The number of nitrogens with zero attached hydrogens (tertiary/aromatic N) is 2. The Balaban J connectivity index is 1.40. The summed E-state index contributed by atoms with van der Waals surface area (Å²) in [5.74, 6) is -0.227. The van der Waals surface area contributed by atoms with Gasteiger partial charge in [0.1, 0.15) is 10.9 Å². The highest BCUT2D eigenvalue weighted by molar-refractivity contribution is 7.89. The van der Waals surface area contributed by atoms with E-state index in [0.717, 1.165) is 29.4 Å². The minimum atomic E-state index is -3.81. The number of aromatic amines is 1. The molecule has 1 fully saturated rings. The number of sulfonamides is 1. The first kappa shape index (κ1) is 18.3. The maximum atomic E-state index is 13.3. The van der Waals surface area contributed by atoms with Crippen molar-refractivity contribution in [3.63, 3.8) is 0 Å². The molecule has 8 heteroatoms. The van der Waals surface area contributed by atoms with E-state index < -0.39 is 16.1 Å². The van der Waals surface area contributed by atoms with Crippen molar-refractivity contribution in [2.45, 2.75) is 43.2 Å². The first-order valence-corrected chi connectivity index (χ1v) is 11.2. The lowest BCUT2D eigenvalue weighted by Gasteiger charge is -2.39. The number of rotatable bonds is 4. The molecule has 2 N–H and O–H groups in total. The third-order valence-corrected chi connectivity index (χ3v) is 7.90. The van der Waals surface area contributed by atoms with Gasteiger partial charge in [-0.25, -0.2) is 8.42 Å². The summed E-state index contributed by atoms with van der Waals surface area (Å²) < 4.78 is 28.0. The normalized spacial score (nSPS) is 21.7. The number of H-pyrrole nitrogens is 1. The zero-order valence-electron chi connectivity index (χ0n) is 16.1. The molecule has 5 rings (SSSR count). The fraction of sp³-hybridized carbons (Fsp3) is 0.333. The Morgan fingerprint density at radius 3 is 2.86 bits per heavy atom. The first-order chi connectivity index (χ1) is 13.9. The average molecular weight is 410 g/mol. The molecule has 1 aliphatic heterocycles. The summed E-state index contributed by atoms with van der Waals surface area (Å²) in [4.78, 5) is 13.1. The van der Waals surface area contributed by atoms with Gasteiger partial charge in [0, 0.05) is 11.9 Å². The second-order valence-electron chi connectivity index (χ2n) is 7.82. The van der Waals surface area contributed by atoms with Crippen molar-refractivity contribution >= 4 is 26.8 Å². The molecule has 150 valence electrons. The van der Waals surface area contributed by atoms with Gasteiger partial charge >= 0.3 is 0 Å². The van der Waals surface area contributed by atoms with Crippen LogP contribution in [0.25, 0.3) is 10.9 Å². The molecule has 0 radical (unpaired) electrons. The second kappa shape index (κ2) is 6.67. The zero-order valence-corrected chi connectivity index (χ0v) is 16.9. The number of hydrogen-bond acceptors (Lipinski definition) is 4. The van der Waals surface area contributed by atoms with Gasteiger partial charge in [-0.05, 0) is 55.0 Å². The molecule has 0 spiro atoms. The largest absolute Gasteiger partial charge is 0.348 e. The zero-order chi connectivity index (χ0) is 20.2. The van der Waals surface area contributed by atoms with E-state index in [0.29, 0.717) is 18.5 Å². The van der Waals surface area contributed by atoms with Crippen LogP contribution >= 0.6 is 0 Å².